The summed E-state index contributed by atoms with van der Waals surface area (Å²) in [6, 6.07) is 0. The van der Waals surface area contributed by atoms with E-state index in [2.05, 4.69) is 35.9 Å². The van der Waals surface area contributed by atoms with Crippen LogP contribution >= 0.6 is 15.9 Å². The Morgan fingerprint density at radius 3 is 2.67 bits per heavy atom. The quantitative estimate of drug-likeness (QED) is 0.928. The van der Waals surface area contributed by atoms with Gasteiger partial charge in [0.15, 0.2) is 11.6 Å². The van der Waals surface area contributed by atoms with Gasteiger partial charge in [-0.25, -0.2) is 15.0 Å². The van der Waals surface area contributed by atoms with Crippen LogP contribution in [0.15, 0.2) is 21.7 Å². The maximum Gasteiger partial charge on any atom is 0.265 e. The number of nitrogens with one attached hydrogen (secondary N) is 1. The van der Waals surface area contributed by atoms with Crippen LogP contribution in [-0.4, -0.2) is 27.0 Å². The fourth-order valence-electron chi connectivity index (χ4n) is 1.36. The van der Waals surface area contributed by atoms with Gasteiger partial charge in [-0.1, -0.05) is 0 Å². The minimum Gasteiger partial charge on any atom is -0.378 e. The second kappa shape index (κ2) is 5.36. The molecule has 0 radical (unpaired) electrons. The van der Waals surface area contributed by atoms with Gasteiger partial charge in [-0.05, 0) is 28.4 Å². The molecule has 2 aromatic heterocycles. The molecule has 0 amide bonds. The molecule has 0 unspecified atom stereocenters. The van der Waals surface area contributed by atoms with E-state index in [9.17, 15) is 4.79 Å². The van der Waals surface area contributed by atoms with E-state index in [0.717, 1.165) is 5.56 Å². The Labute approximate surface area is 112 Å². The lowest BCUT2D eigenvalue weighted by atomic mass is 10.3. The number of ether oxygens (including phenoxy) is 1. The molecule has 0 aliphatic carbocycles. The molecule has 0 saturated heterocycles. The highest BCUT2D eigenvalue weighted by atomic mass is 79.9. The van der Waals surface area contributed by atoms with Crippen molar-refractivity contribution in [3.63, 3.8) is 0 Å². The molecule has 94 valence electrons. The molecular formula is C11H11BrN4O2. The molecular weight excluding hydrogens is 300 g/mol. The number of aromatic nitrogens is 4. The number of methoxy groups -OCH3 is 1. The summed E-state index contributed by atoms with van der Waals surface area (Å²) in [5.41, 5.74) is 1.17. The first-order valence-electron chi connectivity index (χ1n) is 5.18. The third-order valence-corrected chi connectivity index (χ3v) is 3.02. The molecule has 7 heteroatoms. The summed E-state index contributed by atoms with van der Waals surface area (Å²) in [6.07, 6.45) is 3.33. The molecule has 0 aliphatic heterocycles. The topological polar surface area (TPSA) is 80.8 Å². The van der Waals surface area contributed by atoms with Gasteiger partial charge < -0.3 is 9.72 Å². The zero-order valence-electron chi connectivity index (χ0n) is 9.90. The van der Waals surface area contributed by atoms with Crippen molar-refractivity contribution in [1.29, 1.82) is 0 Å². The van der Waals surface area contributed by atoms with E-state index in [1.54, 1.807) is 12.4 Å². The van der Waals surface area contributed by atoms with Crippen molar-refractivity contribution in [2.45, 2.75) is 13.5 Å². The van der Waals surface area contributed by atoms with Gasteiger partial charge in [0, 0.05) is 19.5 Å². The zero-order chi connectivity index (χ0) is 13.1. The van der Waals surface area contributed by atoms with Crippen molar-refractivity contribution in [3.05, 3.63) is 38.5 Å². The van der Waals surface area contributed by atoms with Crippen molar-refractivity contribution >= 4 is 15.9 Å². The molecule has 2 heterocycles. The molecule has 2 aromatic rings. The van der Waals surface area contributed by atoms with E-state index in [1.165, 1.54) is 7.11 Å². The van der Waals surface area contributed by atoms with Crippen molar-refractivity contribution in [3.8, 4) is 11.6 Å². The highest BCUT2D eigenvalue weighted by Gasteiger charge is 2.11. The van der Waals surface area contributed by atoms with Crippen molar-refractivity contribution in [2.75, 3.05) is 7.11 Å². The van der Waals surface area contributed by atoms with Crippen LogP contribution in [0, 0.1) is 6.92 Å². The molecule has 0 bridgehead atoms. The summed E-state index contributed by atoms with van der Waals surface area (Å²) in [4.78, 5) is 26.8. The largest absolute Gasteiger partial charge is 0.378 e. The van der Waals surface area contributed by atoms with Gasteiger partial charge in [0.25, 0.3) is 5.56 Å². The van der Waals surface area contributed by atoms with Crippen LogP contribution in [0.2, 0.25) is 0 Å². The number of rotatable bonds is 3. The standard InChI is InChI=1S/C11H11BrN4O2/c1-6-3-13-9(14-4-6)10-15-7(5-18-2)8(12)11(17)16-10/h3-4H,5H2,1-2H3,(H,15,16,17). The zero-order valence-corrected chi connectivity index (χ0v) is 11.5. The van der Waals surface area contributed by atoms with Crippen LogP contribution < -0.4 is 5.56 Å². The summed E-state index contributed by atoms with van der Waals surface area (Å²) in [7, 11) is 1.54. The molecule has 1 N–H and O–H groups in total. The molecule has 0 fully saturated rings. The van der Waals surface area contributed by atoms with E-state index < -0.39 is 0 Å². The lowest BCUT2D eigenvalue weighted by molar-refractivity contribution is 0.180. The minimum absolute atomic E-state index is 0.239. The number of H-pyrrole nitrogens is 1. The average molecular weight is 311 g/mol. The summed E-state index contributed by atoms with van der Waals surface area (Å²) in [5.74, 6) is 0.706. The molecule has 0 saturated carbocycles. The Bertz CT molecular complexity index is 609. The number of aryl methyl sites for hydroxylation is 1. The monoisotopic (exact) mass is 310 g/mol. The fourth-order valence-corrected chi connectivity index (χ4v) is 1.66. The average Bonchev–Trinajstić information content (AvgIpc) is 2.36. The molecule has 0 atom stereocenters. The van der Waals surface area contributed by atoms with E-state index in [1.807, 2.05) is 6.92 Å². The number of halogens is 1. The second-order valence-electron chi connectivity index (χ2n) is 3.69. The fraction of sp³-hybridized carbons (Fsp3) is 0.273. The predicted octanol–water partition coefficient (Wildman–Crippen LogP) is 1.44. The molecule has 6 nitrogen and oxygen atoms in total. The molecule has 18 heavy (non-hydrogen) atoms. The Morgan fingerprint density at radius 1 is 1.39 bits per heavy atom. The van der Waals surface area contributed by atoms with Crippen molar-refractivity contribution in [2.24, 2.45) is 0 Å². The molecule has 0 aromatic carbocycles. The molecule has 0 aliphatic rings. The lowest BCUT2D eigenvalue weighted by Crippen LogP contribution is -2.15. The van der Waals surface area contributed by atoms with Crippen LogP contribution in [0.5, 0.6) is 0 Å². The number of nitrogens with zero attached hydrogens (tertiary/aromatic N) is 3. The smallest absolute Gasteiger partial charge is 0.265 e. The van der Waals surface area contributed by atoms with E-state index in [-0.39, 0.29) is 12.2 Å². The third-order valence-electron chi connectivity index (χ3n) is 2.21. The van der Waals surface area contributed by atoms with E-state index in [4.69, 9.17) is 4.74 Å². The van der Waals surface area contributed by atoms with Gasteiger partial charge in [-0.15, -0.1) is 0 Å². The van der Waals surface area contributed by atoms with Gasteiger partial charge in [0.1, 0.15) is 4.47 Å². The SMILES string of the molecule is COCc1nc(-c2ncc(C)cn2)[nH]c(=O)c1Br. The molecule has 0 spiro atoms. The van der Waals surface area contributed by atoms with Crippen molar-refractivity contribution in [1.82, 2.24) is 19.9 Å². The number of aromatic amines is 1. The normalized spacial score (nSPS) is 10.6. The summed E-state index contributed by atoms with van der Waals surface area (Å²) in [5, 5.41) is 0. The van der Waals surface area contributed by atoms with E-state index >= 15 is 0 Å². The van der Waals surface area contributed by atoms with Gasteiger partial charge in [0.05, 0.1) is 12.3 Å². The maximum atomic E-state index is 11.7. The van der Waals surface area contributed by atoms with Crippen LogP contribution in [-0.2, 0) is 11.3 Å². The van der Waals surface area contributed by atoms with Crippen molar-refractivity contribution < 1.29 is 4.74 Å². The number of hydrogen-bond donors (Lipinski definition) is 1. The van der Waals surface area contributed by atoms with E-state index in [0.29, 0.717) is 21.8 Å². The van der Waals surface area contributed by atoms with Gasteiger partial charge >= 0.3 is 0 Å². The first-order chi connectivity index (χ1) is 8.61. The van der Waals surface area contributed by atoms with Crippen LogP contribution in [0.3, 0.4) is 0 Å². The highest BCUT2D eigenvalue weighted by molar-refractivity contribution is 9.10. The number of hydrogen-bond acceptors (Lipinski definition) is 5. The summed E-state index contributed by atoms with van der Waals surface area (Å²) < 4.78 is 5.35. The minimum atomic E-state index is -0.281. The second-order valence-corrected chi connectivity index (χ2v) is 4.49. The van der Waals surface area contributed by atoms with Gasteiger partial charge in [-0.3, -0.25) is 4.79 Å². The summed E-state index contributed by atoms with van der Waals surface area (Å²) >= 11 is 3.17. The first kappa shape index (κ1) is 12.8. The first-order valence-corrected chi connectivity index (χ1v) is 5.97. The van der Waals surface area contributed by atoms with Crippen LogP contribution in [0.25, 0.3) is 11.6 Å². The third kappa shape index (κ3) is 2.62. The predicted molar refractivity (Wildman–Crippen MR) is 69.0 cm³/mol. The lowest BCUT2D eigenvalue weighted by Gasteiger charge is -2.05. The van der Waals surface area contributed by atoms with Crippen LogP contribution in [0.4, 0.5) is 0 Å². The Balaban J connectivity index is 2.51. The Hall–Kier alpha value is -1.60. The Morgan fingerprint density at radius 2 is 2.06 bits per heavy atom. The van der Waals surface area contributed by atoms with Gasteiger partial charge in [-0.2, -0.15) is 0 Å². The molecule has 2 rings (SSSR count). The maximum absolute atomic E-state index is 11.7. The van der Waals surface area contributed by atoms with Crippen LogP contribution in [0.1, 0.15) is 11.3 Å². The Kier molecular flexibility index (Phi) is 3.83. The highest BCUT2D eigenvalue weighted by Crippen LogP contribution is 2.14. The van der Waals surface area contributed by atoms with Gasteiger partial charge in [0.2, 0.25) is 0 Å². The summed E-state index contributed by atoms with van der Waals surface area (Å²) in [6.45, 7) is 2.13.